The van der Waals surface area contributed by atoms with Gasteiger partial charge in [-0.3, -0.25) is 9.13 Å². The van der Waals surface area contributed by atoms with Crippen LogP contribution in [-0.2, 0) is 19.6 Å². The van der Waals surface area contributed by atoms with E-state index in [1.54, 1.807) is 15.3 Å². The molecule has 0 aliphatic rings. The maximum absolute atomic E-state index is 11.9. The Balaban J connectivity index is 1.87. The van der Waals surface area contributed by atoms with Crippen LogP contribution >= 0.6 is 0 Å². The topological polar surface area (TPSA) is 62.2 Å². The maximum Gasteiger partial charge on any atom is 0.328 e. The molecular weight excluding hydrogens is 254 g/mol. The van der Waals surface area contributed by atoms with Gasteiger partial charge in [-0.25, -0.2) is 4.79 Å². The molecule has 0 saturated carbocycles. The zero-order chi connectivity index (χ0) is 14.4. The van der Waals surface area contributed by atoms with E-state index in [4.69, 9.17) is 10.5 Å². The normalized spacial score (nSPS) is 10.7. The predicted molar refractivity (Wildman–Crippen MR) is 78.8 cm³/mol. The number of nitrogens with two attached hydrogens (primary N) is 1. The van der Waals surface area contributed by atoms with E-state index in [1.165, 1.54) is 0 Å². The first kappa shape index (κ1) is 14.4. The lowest BCUT2D eigenvalue weighted by Gasteiger charge is -2.07. The lowest BCUT2D eigenvalue weighted by atomic mass is 10.2. The third kappa shape index (κ3) is 3.51. The summed E-state index contributed by atoms with van der Waals surface area (Å²) in [6.07, 6.45) is 4.58. The highest BCUT2D eigenvalue weighted by Gasteiger charge is 2.02. The van der Waals surface area contributed by atoms with E-state index in [-0.39, 0.29) is 5.69 Å². The summed E-state index contributed by atoms with van der Waals surface area (Å²) < 4.78 is 9.01. The van der Waals surface area contributed by atoms with Crippen molar-refractivity contribution in [3.05, 3.63) is 52.7 Å². The van der Waals surface area contributed by atoms with Gasteiger partial charge in [-0.2, -0.15) is 0 Å². The Morgan fingerprint density at radius 1 is 1.10 bits per heavy atom. The van der Waals surface area contributed by atoms with Crippen LogP contribution in [0.5, 0.6) is 5.75 Å². The van der Waals surface area contributed by atoms with Crippen molar-refractivity contribution < 1.29 is 4.74 Å². The summed E-state index contributed by atoms with van der Waals surface area (Å²) in [5, 5.41) is 0. The average Bonchev–Trinajstić information content (AvgIpc) is 2.82. The molecule has 0 unspecified atom stereocenters. The van der Waals surface area contributed by atoms with Gasteiger partial charge >= 0.3 is 5.69 Å². The molecule has 2 aromatic rings. The minimum Gasteiger partial charge on any atom is -0.492 e. The molecule has 0 atom stereocenters. The Kier molecular flexibility index (Phi) is 5.01. The standard InChI is InChI=1S/C15H21N3O2/c1-2-7-17-8-9-18(15(17)19)10-11-20-14-5-3-13(12-16)4-6-14/h3-6,8-9H,2,7,10-12,16H2,1H3. The van der Waals surface area contributed by atoms with Crippen molar-refractivity contribution in [3.63, 3.8) is 0 Å². The second kappa shape index (κ2) is 6.96. The van der Waals surface area contributed by atoms with Gasteiger partial charge in [0.15, 0.2) is 0 Å². The summed E-state index contributed by atoms with van der Waals surface area (Å²) in [5.41, 5.74) is 6.63. The van der Waals surface area contributed by atoms with Crippen molar-refractivity contribution in [1.29, 1.82) is 0 Å². The number of ether oxygens (including phenoxy) is 1. The molecule has 0 aliphatic heterocycles. The van der Waals surface area contributed by atoms with Gasteiger partial charge in [-0.15, -0.1) is 0 Å². The fourth-order valence-corrected chi connectivity index (χ4v) is 2.02. The molecule has 1 aromatic heterocycles. The van der Waals surface area contributed by atoms with Crippen LogP contribution in [-0.4, -0.2) is 15.7 Å². The fourth-order valence-electron chi connectivity index (χ4n) is 2.02. The average molecular weight is 275 g/mol. The van der Waals surface area contributed by atoms with Gasteiger partial charge in [0.1, 0.15) is 12.4 Å². The molecule has 0 bridgehead atoms. The number of hydrogen-bond acceptors (Lipinski definition) is 3. The zero-order valence-corrected chi connectivity index (χ0v) is 11.8. The lowest BCUT2D eigenvalue weighted by molar-refractivity contribution is 0.295. The SMILES string of the molecule is CCCn1ccn(CCOc2ccc(CN)cc2)c1=O. The van der Waals surface area contributed by atoms with E-state index >= 15 is 0 Å². The molecule has 1 heterocycles. The van der Waals surface area contributed by atoms with Crippen molar-refractivity contribution in [1.82, 2.24) is 9.13 Å². The third-order valence-electron chi connectivity index (χ3n) is 3.14. The number of aryl methyl sites for hydroxylation is 1. The third-order valence-corrected chi connectivity index (χ3v) is 3.14. The summed E-state index contributed by atoms with van der Waals surface area (Å²) in [4.78, 5) is 11.9. The van der Waals surface area contributed by atoms with Crippen LogP contribution in [0.1, 0.15) is 18.9 Å². The lowest BCUT2D eigenvalue weighted by Crippen LogP contribution is -2.25. The highest BCUT2D eigenvalue weighted by molar-refractivity contribution is 5.26. The molecular formula is C15H21N3O2. The largest absolute Gasteiger partial charge is 0.492 e. The minimum atomic E-state index is 0.0222. The Labute approximate surface area is 118 Å². The number of nitrogens with zero attached hydrogens (tertiary/aromatic N) is 2. The molecule has 0 spiro atoms. The maximum atomic E-state index is 11.9. The van der Waals surface area contributed by atoms with Gasteiger partial charge < -0.3 is 10.5 Å². The Bertz CT molecular complexity index is 584. The van der Waals surface area contributed by atoms with E-state index in [1.807, 2.05) is 30.5 Å². The summed E-state index contributed by atoms with van der Waals surface area (Å²) in [6, 6.07) is 7.68. The van der Waals surface area contributed by atoms with Crippen molar-refractivity contribution in [3.8, 4) is 5.75 Å². The Morgan fingerprint density at radius 2 is 1.75 bits per heavy atom. The van der Waals surface area contributed by atoms with E-state index in [0.29, 0.717) is 19.7 Å². The molecule has 108 valence electrons. The van der Waals surface area contributed by atoms with E-state index in [2.05, 4.69) is 6.92 Å². The van der Waals surface area contributed by atoms with Crippen LogP contribution in [0, 0.1) is 0 Å². The minimum absolute atomic E-state index is 0.0222. The second-order valence-corrected chi connectivity index (χ2v) is 4.66. The van der Waals surface area contributed by atoms with Gasteiger partial charge in [0, 0.05) is 25.5 Å². The highest BCUT2D eigenvalue weighted by atomic mass is 16.5. The molecule has 0 saturated heterocycles. The monoisotopic (exact) mass is 275 g/mol. The first-order valence-corrected chi connectivity index (χ1v) is 6.92. The van der Waals surface area contributed by atoms with Crippen LogP contribution in [0.2, 0.25) is 0 Å². The fraction of sp³-hybridized carbons (Fsp3) is 0.400. The molecule has 0 aliphatic carbocycles. The number of hydrogen-bond donors (Lipinski definition) is 1. The summed E-state index contributed by atoms with van der Waals surface area (Å²) in [7, 11) is 0. The Hall–Kier alpha value is -2.01. The Morgan fingerprint density at radius 3 is 2.35 bits per heavy atom. The first-order valence-electron chi connectivity index (χ1n) is 6.92. The molecule has 0 radical (unpaired) electrons. The number of benzene rings is 1. The predicted octanol–water partition coefficient (Wildman–Crippen LogP) is 1.60. The first-order chi connectivity index (χ1) is 9.74. The van der Waals surface area contributed by atoms with Crippen LogP contribution in [0.15, 0.2) is 41.5 Å². The number of imidazole rings is 1. The molecule has 5 nitrogen and oxygen atoms in total. The highest BCUT2D eigenvalue weighted by Crippen LogP contribution is 2.11. The summed E-state index contributed by atoms with van der Waals surface area (Å²) in [6.45, 7) is 4.36. The van der Waals surface area contributed by atoms with Gasteiger partial charge in [-0.1, -0.05) is 19.1 Å². The van der Waals surface area contributed by atoms with Crippen LogP contribution in [0.3, 0.4) is 0 Å². The molecule has 0 amide bonds. The van der Waals surface area contributed by atoms with Crippen LogP contribution in [0.25, 0.3) is 0 Å². The molecule has 0 fully saturated rings. The molecule has 2 N–H and O–H groups in total. The zero-order valence-electron chi connectivity index (χ0n) is 11.8. The molecule has 20 heavy (non-hydrogen) atoms. The van der Waals surface area contributed by atoms with E-state index < -0.39 is 0 Å². The van der Waals surface area contributed by atoms with Crippen molar-refractivity contribution in [2.45, 2.75) is 33.0 Å². The molecule has 1 aromatic carbocycles. The van der Waals surface area contributed by atoms with E-state index in [0.717, 1.165) is 24.3 Å². The summed E-state index contributed by atoms with van der Waals surface area (Å²) >= 11 is 0. The molecule has 2 rings (SSSR count). The van der Waals surface area contributed by atoms with Gasteiger partial charge in [0.2, 0.25) is 0 Å². The quantitative estimate of drug-likeness (QED) is 0.835. The van der Waals surface area contributed by atoms with Gasteiger partial charge in [-0.05, 0) is 24.1 Å². The van der Waals surface area contributed by atoms with Gasteiger partial charge in [0.25, 0.3) is 0 Å². The summed E-state index contributed by atoms with van der Waals surface area (Å²) in [5.74, 6) is 0.795. The van der Waals surface area contributed by atoms with Gasteiger partial charge in [0.05, 0.1) is 6.54 Å². The van der Waals surface area contributed by atoms with E-state index in [9.17, 15) is 4.79 Å². The van der Waals surface area contributed by atoms with Crippen LogP contribution in [0.4, 0.5) is 0 Å². The van der Waals surface area contributed by atoms with Crippen molar-refractivity contribution >= 4 is 0 Å². The number of aromatic nitrogens is 2. The van der Waals surface area contributed by atoms with Crippen molar-refractivity contribution in [2.75, 3.05) is 6.61 Å². The second-order valence-electron chi connectivity index (χ2n) is 4.66. The smallest absolute Gasteiger partial charge is 0.328 e. The number of rotatable bonds is 7. The van der Waals surface area contributed by atoms with Crippen LogP contribution < -0.4 is 16.2 Å². The molecule has 5 heteroatoms. The van der Waals surface area contributed by atoms with Crippen molar-refractivity contribution in [2.24, 2.45) is 5.73 Å².